The molecule has 1 aliphatic rings. The Balaban J connectivity index is 2.13. The molecule has 74 valence electrons. The zero-order valence-corrected chi connectivity index (χ0v) is 7.93. The van der Waals surface area contributed by atoms with Crippen molar-refractivity contribution in [2.45, 2.75) is 19.4 Å². The number of rotatable bonds is 2. The molecular weight excluding hydrogens is 180 g/mol. The van der Waals surface area contributed by atoms with Crippen LogP contribution in [0.15, 0.2) is 36.3 Å². The molecule has 1 N–H and O–H groups in total. The summed E-state index contributed by atoms with van der Waals surface area (Å²) in [5, 5.41) is 9.18. The summed E-state index contributed by atoms with van der Waals surface area (Å²) in [7, 11) is 0. The minimum atomic E-state index is -0.421. The van der Waals surface area contributed by atoms with Gasteiger partial charge in [-0.05, 0) is 19.1 Å². The topological polar surface area (TPSA) is 38.7 Å². The van der Waals surface area contributed by atoms with E-state index >= 15 is 0 Å². The molecular formula is C11H12O3. The van der Waals surface area contributed by atoms with Crippen molar-refractivity contribution >= 4 is 0 Å². The van der Waals surface area contributed by atoms with Crippen LogP contribution in [0.2, 0.25) is 0 Å². The summed E-state index contributed by atoms with van der Waals surface area (Å²) in [4.78, 5) is 0. The predicted octanol–water partition coefficient (Wildman–Crippen LogP) is 2.07. The summed E-state index contributed by atoms with van der Waals surface area (Å²) in [5.41, 5.74) is 0. The first-order valence-corrected chi connectivity index (χ1v) is 4.56. The van der Waals surface area contributed by atoms with Crippen LogP contribution in [0.3, 0.4) is 0 Å². The number of para-hydroxylation sites is 2. The molecule has 1 aliphatic heterocycles. The fraction of sp³-hybridized carbons (Fsp3) is 0.273. The van der Waals surface area contributed by atoms with Crippen molar-refractivity contribution in [1.29, 1.82) is 0 Å². The Bertz CT molecular complexity index is 355. The normalized spacial score (nSPS) is 16.0. The zero-order valence-electron chi connectivity index (χ0n) is 7.93. The molecule has 0 saturated heterocycles. The Kier molecular flexibility index (Phi) is 2.41. The number of fused-ring (bicyclic) bond motifs is 1. The second-order valence-electron chi connectivity index (χ2n) is 3.30. The average Bonchev–Trinajstić information content (AvgIpc) is 2.17. The highest BCUT2D eigenvalue weighted by atomic mass is 16.6. The molecule has 0 spiro atoms. The lowest BCUT2D eigenvalue weighted by atomic mass is 10.2. The van der Waals surface area contributed by atoms with Gasteiger partial charge in [0.15, 0.2) is 11.5 Å². The van der Waals surface area contributed by atoms with Gasteiger partial charge in [0, 0.05) is 6.42 Å². The van der Waals surface area contributed by atoms with Crippen LogP contribution in [-0.4, -0.2) is 11.2 Å². The molecule has 0 radical (unpaired) electrons. The molecule has 0 aliphatic carbocycles. The van der Waals surface area contributed by atoms with Crippen LogP contribution >= 0.6 is 0 Å². The van der Waals surface area contributed by atoms with Crippen molar-refractivity contribution in [3.05, 3.63) is 36.3 Å². The average molecular weight is 192 g/mol. The minimum Gasteiger partial charge on any atom is -0.458 e. The second-order valence-corrected chi connectivity index (χ2v) is 3.30. The second kappa shape index (κ2) is 3.72. The molecule has 14 heavy (non-hydrogen) atoms. The quantitative estimate of drug-likeness (QED) is 0.779. The molecule has 1 unspecified atom stereocenters. The van der Waals surface area contributed by atoms with Crippen molar-refractivity contribution in [3.8, 4) is 11.5 Å². The van der Waals surface area contributed by atoms with Crippen molar-refractivity contribution in [2.75, 3.05) is 0 Å². The van der Waals surface area contributed by atoms with Gasteiger partial charge in [-0.1, -0.05) is 12.1 Å². The van der Waals surface area contributed by atoms with Crippen LogP contribution in [0.4, 0.5) is 0 Å². The maximum absolute atomic E-state index is 9.18. The van der Waals surface area contributed by atoms with Gasteiger partial charge < -0.3 is 14.6 Å². The van der Waals surface area contributed by atoms with E-state index < -0.39 is 6.10 Å². The Morgan fingerprint density at radius 2 is 2.00 bits per heavy atom. The highest BCUT2D eigenvalue weighted by molar-refractivity contribution is 5.42. The summed E-state index contributed by atoms with van der Waals surface area (Å²) >= 11 is 0. The van der Waals surface area contributed by atoms with Gasteiger partial charge in [0.05, 0.1) is 6.10 Å². The molecule has 0 bridgehead atoms. The Morgan fingerprint density at radius 1 is 1.29 bits per heavy atom. The van der Waals surface area contributed by atoms with Crippen LogP contribution in [0.25, 0.3) is 0 Å². The van der Waals surface area contributed by atoms with Gasteiger partial charge in [-0.15, -0.1) is 0 Å². The van der Waals surface area contributed by atoms with E-state index in [1.165, 1.54) is 6.26 Å². The minimum absolute atomic E-state index is 0.421. The standard InChI is InChI=1S/C11H12O3/c1-8(12)6-9-7-13-10-4-2-3-5-11(10)14-9/h2-5,7-8,12H,6H2,1H3. The van der Waals surface area contributed by atoms with Gasteiger partial charge in [0.1, 0.15) is 12.0 Å². The van der Waals surface area contributed by atoms with Crippen molar-refractivity contribution in [3.63, 3.8) is 0 Å². The third-order valence-electron chi connectivity index (χ3n) is 1.90. The number of benzene rings is 1. The fourth-order valence-electron chi connectivity index (χ4n) is 1.31. The summed E-state index contributed by atoms with van der Waals surface area (Å²) in [5.74, 6) is 2.06. The molecule has 2 rings (SSSR count). The molecule has 1 aromatic carbocycles. The molecule has 0 amide bonds. The van der Waals surface area contributed by atoms with Crippen LogP contribution < -0.4 is 9.47 Å². The molecule has 0 fully saturated rings. The molecule has 1 heterocycles. The molecule has 1 atom stereocenters. The van der Waals surface area contributed by atoms with Crippen LogP contribution in [0, 0.1) is 0 Å². The number of hydrogen-bond acceptors (Lipinski definition) is 3. The van der Waals surface area contributed by atoms with E-state index in [9.17, 15) is 5.11 Å². The highest BCUT2D eigenvalue weighted by Crippen LogP contribution is 2.32. The van der Waals surface area contributed by atoms with Gasteiger partial charge >= 0.3 is 0 Å². The van der Waals surface area contributed by atoms with Crippen molar-refractivity contribution < 1.29 is 14.6 Å². The summed E-state index contributed by atoms with van der Waals surface area (Å²) in [6.45, 7) is 1.71. The first-order valence-electron chi connectivity index (χ1n) is 4.56. The number of ether oxygens (including phenoxy) is 2. The maximum atomic E-state index is 9.18. The largest absolute Gasteiger partial charge is 0.458 e. The van der Waals surface area contributed by atoms with Gasteiger partial charge in [-0.2, -0.15) is 0 Å². The van der Waals surface area contributed by atoms with Crippen LogP contribution in [0.1, 0.15) is 13.3 Å². The van der Waals surface area contributed by atoms with Crippen LogP contribution in [0.5, 0.6) is 11.5 Å². The Morgan fingerprint density at radius 3 is 2.71 bits per heavy atom. The smallest absolute Gasteiger partial charge is 0.169 e. The summed E-state index contributed by atoms with van der Waals surface area (Å²) in [6.07, 6.45) is 1.58. The van der Waals surface area contributed by atoms with Gasteiger partial charge in [0.2, 0.25) is 0 Å². The van der Waals surface area contributed by atoms with Gasteiger partial charge in [-0.3, -0.25) is 0 Å². The predicted molar refractivity (Wildman–Crippen MR) is 52.1 cm³/mol. The lowest BCUT2D eigenvalue weighted by Crippen LogP contribution is -2.10. The summed E-state index contributed by atoms with van der Waals surface area (Å²) < 4.78 is 10.9. The number of aliphatic hydroxyl groups is 1. The third kappa shape index (κ3) is 1.88. The fourth-order valence-corrected chi connectivity index (χ4v) is 1.31. The molecule has 3 nitrogen and oxygen atoms in total. The molecule has 0 saturated carbocycles. The molecule has 3 heteroatoms. The molecule has 1 aromatic rings. The SMILES string of the molecule is CC(O)CC1=COc2ccccc2O1. The highest BCUT2D eigenvalue weighted by Gasteiger charge is 2.14. The lowest BCUT2D eigenvalue weighted by molar-refractivity contribution is 0.173. The third-order valence-corrected chi connectivity index (χ3v) is 1.90. The molecule has 0 aromatic heterocycles. The van der Waals surface area contributed by atoms with Crippen LogP contribution in [-0.2, 0) is 0 Å². The van der Waals surface area contributed by atoms with E-state index in [1.807, 2.05) is 24.3 Å². The first kappa shape index (κ1) is 9.09. The van der Waals surface area contributed by atoms with Gasteiger partial charge in [-0.25, -0.2) is 0 Å². The Labute approximate surface area is 82.6 Å². The lowest BCUT2D eigenvalue weighted by Gasteiger charge is -2.18. The van der Waals surface area contributed by atoms with E-state index in [2.05, 4.69) is 0 Å². The van der Waals surface area contributed by atoms with Crippen molar-refractivity contribution in [1.82, 2.24) is 0 Å². The number of hydrogen-bond donors (Lipinski definition) is 1. The number of aliphatic hydroxyl groups excluding tert-OH is 1. The van der Waals surface area contributed by atoms with Crippen molar-refractivity contribution in [2.24, 2.45) is 0 Å². The van der Waals surface area contributed by atoms with E-state index in [4.69, 9.17) is 9.47 Å². The summed E-state index contributed by atoms with van der Waals surface area (Å²) in [6, 6.07) is 7.44. The van der Waals surface area contributed by atoms with E-state index in [0.29, 0.717) is 23.7 Å². The van der Waals surface area contributed by atoms with E-state index in [1.54, 1.807) is 6.92 Å². The Hall–Kier alpha value is -1.48. The first-order chi connectivity index (χ1) is 6.75. The monoisotopic (exact) mass is 192 g/mol. The zero-order chi connectivity index (χ0) is 9.97. The van der Waals surface area contributed by atoms with E-state index in [0.717, 1.165) is 0 Å². The van der Waals surface area contributed by atoms with Gasteiger partial charge in [0.25, 0.3) is 0 Å². The maximum Gasteiger partial charge on any atom is 0.169 e. The van der Waals surface area contributed by atoms with E-state index in [-0.39, 0.29) is 0 Å².